The van der Waals surface area contributed by atoms with Crippen molar-refractivity contribution in [3.05, 3.63) is 54.1 Å². The minimum atomic E-state index is -0.192. The van der Waals surface area contributed by atoms with Crippen molar-refractivity contribution in [1.29, 1.82) is 0 Å². The fraction of sp³-hybridized carbons (Fsp3) is 0.440. The molecule has 2 aromatic rings. The Morgan fingerprint density at radius 3 is 2.50 bits per heavy atom. The van der Waals surface area contributed by atoms with Crippen LogP contribution in [0.5, 0.6) is 11.5 Å². The summed E-state index contributed by atoms with van der Waals surface area (Å²) in [6, 6.07) is 14.9. The molecule has 1 N–H and O–H groups in total. The highest BCUT2D eigenvalue weighted by Gasteiger charge is 2.37. The van der Waals surface area contributed by atoms with Crippen LogP contribution in [0.15, 0.2) is 48.5 Å². The molecular formula is C25H31N3O4. The van der Waals surface area contributed by atoms with Crippen molar-refractivity contribution in [2.75, 3.05) is 39.2 Å². The van der Waals surface area contributed by atoms with Gasteiger partial charge in [0.05, 0.1) is 26.2 Å². The number of piperidine rings is 1. The van der Waals surface area contributed by atoms with Gasteiger partial charge in [0, 0.05) is 30.9 Å². The lowest BCUT2D eigenvalue weighted by Gasteiger charge is -2.36. The molecule has 2 heterocycles. The summed E-state index contributed by atoms with van der Waals surface area (Å²) in [5.74, 6) is 1.45. The Balaban J connectivity index is 1.47. The average Bonchev–Trinajstić information content (AvgIpc) is 3.33. The minimum Gasteiger partial charge on any atom is -0.497 e. The summed E-state index contributed by atoms with van der Waals surface area (Å²) in [7, 11) is 3.29. The number of para-hydroxylation sites is 1. The lowest BCUT2D eigenvalue weighted by atomic mass is 9.95. The number of ether oxygens (including phenoxy) is 2. The number of likely N-dealkylation sites (tertiary alicyclic amines) is 2. The molecule has 0 spiro atoms. The van der Waals surface area contributed by atoms with Gasteiger partial charge in [-0.2, -0.15) is 0 Å². The number of carbonyl (C=O) groups is 2. The van der Waals surface area contributed by atoms with E-state index in [1.165, 1.54) is 0 Å². The van der Waals surface area contributed by atoms with E-state index in [-0.39, 0.29) is 23.9 Å². The number of amides is 3. The van der Waals surface area contributed by atoms with Gasteiger partial charge in [-0.3, -0.25) is 4.79 Å². The smallest absolute Gasteiger partial charge is 0.321 e. The van der Waals surface area contributed by atoms with Crippen molar-refractivity contribution < 1.29 is 19.1 Å². The van der Waals surface area contributed by atoms with Crippen LogP contribution in [0, 0.1) is 5.92 Å². The van der Waals surface area contributed by atoms with E-state index in [4.69, 9.17) is 9.47 Å². The van der Waals surface area contributed by atoms with E-state index in [2.05, 4.69) is 5.32 Å². The maximum Gasteiger partial charge on any atom is 0.321 e. The molecule has 0 saturated carbocycles. The van der Waals surface area contributed by atoms with E-state index in [0.717, 1.165) is 55.0 Å². The Hall–Kier alpha value is -3.22. The van der Waals surface area contributed by atoms with Crippen LogP contribution in [0.3, 0.4) is 0 Å². The van der Waals surface area contributed by atoms with E-state index in [1.54, 1.807) is 19.1 Å². The zero-order valence-corrected chi connectivity index (χ0v) is 18.8. The fourth-order valence-corrected chi connectivity index (χ4v) is 4.78. The predicted molar refractivity (Wildman–Crippen MR) is 123 cm³/mol. The molecule has 0 radical (unpaired) electrons. The molecule has 32 heavy (non-hydrogen) atoms. The standard InChI is InChI=1S/C25H31N3O4/c1-31-20-12-13-23(32-2)21(16-20)22-11-7-15-28(22)24(29)18-8-6-14-27(17-18)25(30)26-19-9-4-3-5-10-19/h3-5,9-10,12-13,16,18,22H,6-8,11,14-15,17H2,1-2H3,(H,26,30)/t18-,22-/m1/s1. The molecule has 0 unspecified atom stereocenters. The number of rotatable bonds is 5. The van der Waals surface area contributed by atoms with Gasteiger partial charge in [-0.25, -0.2) is 4.79 Å². The highest BCUT2D eigenvalue weighted by molar-refractivity contribution is 5.90. The maximum atomic E-state index is 13.6. The Kier molecular flexibility index (Phi) is 6.83. The van der Waals surface area contributed by atoms with Crippen molar-refractivity contribution in [3.63, 3.8) is 0 Å². The van der Waals surface area contributed by atoms with E-state index >= 15 is 0 Å². The quantitative estimate of drug-likeness (QED) is 0.757. The first kappa shape index (κ1) is 22.0. The predicted octanol–water partition coefficient (Wildman–Crippen LogP) is 4.31. The summed E-state index contributed by atoms with van der Waals surface area (Å²) in [4.78, 5) is 30.0. The van der Waals surface area contributed by atoms with Crippen LogP contribution in [0.2, 0.25) is 0 Å². The van der Waals surface area contributed by atoms with Crippen LogP contribution >= 0.6 is 0 Å². The number of benzene rings is 2. The Morgan fingerprint density at radius 1 is 0.969 bits per heavy atom. The first-order valence-electron chi connectivity index (χ1n) is 11.2. The second-order valence-electron chi connectivity index (χ2n) is 8.38. The molecule has 2 aliphatic rings. The lowest BCUT2D eigenvalue weighted by Crippen LogP contribution is -2.47. The molecule has 7 nitrogen and oxygen atoms in total. The maximum absolute atomic E-state index is 13.6. The summed E-state index contributed by atoms with van der Waals surface area (Å²) < 4.78 is 11.0. The number of hydrogen-bond donors (Lipinski definition) is 1. The van der Waals surface area contributed by atoms with Gasteiger partial charge in [-0.1, -0.05) is 18.2 Å². The van der Waals surface area contributed by atoms with Gasteiger partial charge in [-0.05, 0) is 56.0 Å². The van der Waals surface area contributed by atoms with Gasteiger partial charge >= 0.3 is 6.03 Å². The van der Waals surface area contributed by atoms with E-state index in [1.807, 2.05) is 53.4 Å². The topological polar surface area (TPSA) is 71.1 Å². The molecule has 2 aromatic carbocycles. The molecule has 3 amide bonds. The minimum absolute atomic E-state index is 0.0407. The molecule has 7 heteroatoms. The summed E-state index contributed by atoms with van der Waals surface area (Å²) in [6.45, 7) is 1.82. The SMILES string of the molecule is COc1ccc(OC)c([C@H]2CCCN2C(=O)[C@@H]2CCCN(C(=O)Nc3ccccc3)C2)c1. The van der Waals surface area contributed by atoms with Crippen LogP contribution in [0.25, 0.3) is 0 Å². The zero-order chi connectivity index (χ0) is 22.5. The molecule has 2 saturated heterocycles. The van der Waals surface area contributed by atoms with Crippen LogP contribution in [0.4, 0.5) is 10.5 Å². The van der Waals surface area contributed by atoms with Crippen molar-refractivity contribution in [1.82, 2.24) is 9.80 Å². The molecule has 2 fully saturated rings. The van der Waals surface area contributed by atoms with Gasteiger partial charge in [-0.15, -0.1) is 0 Å². The molecule has 2 atom stereocenters. The Bertz CT molecular complexity index is 949. The third-order valence-corrected chi connectivity index (χ3v) is 6.41. The van der Waals surface area contributed by atoms with Crippen molar-refractivity contribution >= 4 is 17.6 Å². The van der Waals surface area contributed by atoms with Crippen molar-refractivity contribution in [3.8, 4) is 11.5 Å². The average molecular weight is 438 g/mol. The number of urea groups is 1. The van der Waals surface area contributed by atoms with Crippen molar-refractivity contribution in [2.45, 2.75) is 31.7 Å². The lowest BCUT2D eigenvalue weighted by molar-refractivity contribution is -0.137. The highest BCUT2D eigenvalue weighted by Crippen LogP contribution is 2.40. The third kappa shape index (κ3) is 4.66. The molecular weight excluding hydrogens is 406 g/mol. The van der Waals surface area contributed by atoms with Gasteiger partial charge < -0.3 is 24.6 Å². The third-order valence-electron chi connectivity index (χ3n) is 6.41. The van der Waals surface area contributed by atoms with Gasteiger partial charge in [0.15, 0.2) is 0 Å². The normalized spacial score (nSPS) is 20.7. The molecule has 4 rings (SSSR count). The Labute approximate surface area is 189 Å². The second kappa shape index (κ2) is 9.94. The molecule has 170 valence electrons. The summed E-state index contributed by atoms with van der Waals surface area (Å²) in [5.41, 5.74) is 1.74. The number of carbonyl (C=O) groups excluding carboxylic acids is 2. The van der Waals surface area contributed by atoms with Crippen LogP contribution in [-0.2, 0) is 4.79 Å². The first-order valence-corrected chi connectivity index (χ1v) is 11.2. The van der Waals surface area contributed by atoms with Gasteiger partial charge in [0.1, 0.15) is 11.5 Å². The zero-order valence-electron chi connectivity index (χ0n) is 18.8. The van der Waals surface area contributed by atoms with Gasteiger partial charge in [0.2, 0.25) is 5.91 Å². The van der Waals surface area contributed by atoms with Crippen molar-refractivity contribution in [2.24, 2.45) is 5.92 Å². The molecule has 0 aliphatic carbocycles. The Morgan fingerprint density at radius 2 is 1.75 bits per heavy atom. The van der Waals surface area contributed by atoms with E-state index < -0.39 is 0 Å². The van der Waals surface area contributed by atoms with Crippen LogP contribution < -0.4 is 14.8 Å². The number of nitrogens with one attached hydrogen (secondary N) is 1. The van der Waals surface area contributed by atoms with E-state index in [0.29, 0.717) is 13.1 Å². The number of methoxy groups -OCH3 is 2. The molecule has 0 aromatic heterocycles. The van der Waals surface area contributed by atoms with E-state index in [9.17, 15) is 9.59 Å². The van der Waals surface area contributed by atoms with Gasteiger partial charge in [0.25, 0.3) is 0 Å². The molecule has 2 aliphatic heterocycles. The monoisotopic (exact) mass is 437 g/mol. The number of anilines is 1. The summed E-state index contributed by atoms with van der Waals surface area (Å²) >= 11 is 0. The summed E-state index contributed by atoms with van der Waals surface area (Å²) in [5, 5.41) is 2.93. The largest absolute Gasteiger partial charge is 0.497 e. The van der Waals surface area contributed by atoms with Crippen LogP contribution in [-0.4, -0.2) is 55.6 Å². The number of nitrogens with zero attached hydrogens (tertiary/aromatic N) is 2. The fourth-order valence-electron chi connectivity index (χ4n) is 4.78. The summed E-state index contributed by atoms with van der Waals surface area (Å²) in [6.07, 6.45) is 3.45. The van der Waals surface area contributed by atoms with Crippen LogP contribution in [0.1, 0.15) is 37.3 Å². The highest BCUT2D eigenvalue weighted by atomic mass is 16.5. The second-order valence-corrected chi connectivity index (χ2v) is 8.38. The first-order chi connectivity index (χ1) is 15.6. The number of hydrogen-bond acceptors (Lipinski definition) is 4. The molecule has 0 bridgehead atoms.